The van der Waals surface area contributed by atoms with Crippen LogP contribution in [0.5, 0.6) is 0 Å². The molecule has 0 spiro atoms. The number of hydrogen-bond acceptors (Lipinski definition) is 1. The lowest BCUT2D eigenvalue weighted by Crippen LogP contribution is -1.82. The minimum Gasteiger partial charge on any atom is -0.384 e. The molecule has 0 saturated heterocycles. The van der Waals surface area contributed by atoms with E-state index in [2.05, 4.69) is 6.08 Å². The minimum atomic E-state index is 0.838. The van der Waals surface area contributed by atoms with E-state index in [-0.39, 0.29) is 0 Å². The number of rotatable bonds is 3. The van der Waals surface area contributed by atoms with Crippen LogP contribution in [-0.4, -0.2) is 13.7 Å². The summed E-state index contributed by atoms with van der Waals surface area (Å²) in [5.74, 6) is 0. The molecule has 0 aromatic heterocycles. The molecule has 1 nitrogen and oxygen atoms in total. The van der Waals surface area contributed by atoms with Crippen LogP contribution in [0.3, 0.4) is 0 Å². The summed E-state index contributed by atoms with van der Waals surface area (Å²) in [6, 6.07) is 0. The lowest BCUT2D eigenvalue weighted by Gasteiger charge is -1.87. The number of allylic oxidation sites excluding steroid dienone is 1. The van der Waals surface area contributed by atoms with E-state index >= 15 is 0 Å². The molecule has 0 atom stereocenters. The van der Waals surface area contributed by atoms with Crippen LogP contribution in [0.15, 0.2) is 12.2 Å². The molecular weight excluding hydrogens is 88.1 g/mol. The van der Waals surface area contributed by atoms with Crippen LogP contribution in [-0.2, 0) is 4.74 Å². The maximum atomic E-state index is 4.79. The first-order chi connectivity index (χ1) is 3.41. The summed E-state index contributed by atoms with van der Waals surface area (Å²) < 4.78 is 4.79. The number of hydrogen-bond donors (Lipinski definition) is 0. The largest absolute Gasteiger partial charge is 0.384 e. The highest BCUT2D eigenvalue weighted by Crippen LogP contribution is 1.80. The highest BCUT2D eigenvalue weighted by atomic mass is 16.5. The van der Waals surface area contributed by atoms with Gasteiger partial charge in [-0.3, -0.25) is 0 Å². The molecule has 0 aromatic rings. The summed E-state index contributed by atoms with van der Waals surface area (Å²) in [7, 11) is 1.71. The van der Waals surface area contributed by atoms with Gasteiger partial charge in [-0.1, -0.05) is 12.2 Å². The lowest BCUT2D eigenvalue weighted by atomic mass is 10.4. The Kier molecular flexibility index (Phi) is 5.46. The molecule has 42 valence electrons. The fourth-order valence-electron chi connectivity index (χ4n) is 0.353. The van der Waals surface area contributed by atoms with Crippen molar-refractivity contribution in [3.05, 3.63) is 12.2 Å². The van der Waals surface area contributed by atoms with Gasteiger partial charge in [-0.15, -0.1) is 0 Å². The lowest BCUT2D eigenvalue weighted by molar-refractivity contribution is 0.204. The highest BCUT2D eigenvalue weighted by Gasteiger charge is 1.71. The van der Waals surface area contributed by atoms with Gasteiger partial charge < -0.3 is 4.74 Å². The third-order valence-electron chi connectivity index (χ3n) is 0.724. The van der Waals surface area contributed by atoms with Crippen LogP contribution in [0.4, 0.5) is 0 Å². The van der Waals surface area contributed by atoms with E-state index in [4.69, 9.17) is 4.74 Å². The molecule has 0 saturated carbocycles. The summed E-state index contributed by atoms with van der Waals surface area (Å²) in [5, 5.41) is 0. The van der Waals surface area contributed by atoms with E-state index in [1.54, 1.807) is 7.11 Å². The number of methoxy groups -OCH3 is 1. The first kappa shape index (κ1) is 6.70. The van der Waals surface area contributed by atoms with Gasteiger partial charge in [-0.05, 0) is 13.3 Å². The summed E-state index contributed by atoms with van der Waals surface area (Å²) in [6.07, 6.45) is 5.15. The van der Waals surface area contributed by atoms with Crippen molar-refractivity contribution in [3.8, 4) is 0 Å². The Bertz CT molecular complexity index is 48.1. The summed E-state index contributed by atoms with van der Waals surface area (Å²) in [6.45, 7) is 2.85. The second kappa shape index (κ2) is 5.70. The van der Waals surface area contributed by atoms with Gasteiger partial charge in [0.05, 0.1) is 0 Å². The van der Waals surface area contributed by atoms with Gasteiger partial charge in [0.2, 0.25) is 0 Å². The Hall–Kier alpha value is -0.300. The molecule has 1 heteroatoms. The third kappa shape index (κ3) is 5.70. The minimum absolute atomic E-state index is 0.838. The van der Waals surface area contributed by atoms with Crippen LogP contribution < -0.4 is 0 Å². The maximum Gasteiger partial charge on any atom is 0.0496 e. The van der Waals surface area contributed by atoms with Crippen molar-refractivity contribution in [3.63, 3.8) is 0 Å². The highest BCUT2D eigenvalue weighted by molar-refractivity contribution is 4.75. The van der Waals surface area contributed by atoms with Gasteiger partial charge in [-0.2, -0.15) is 0 Å². The van der Waals surface area contributed by atoms with E-state index in [9.17, 15) is 0 Å². The van der Waals surface area contributed by atoms with Crippen LogP contribution in [0.1, 0.15) is 13.3 Å². The molecule has 0 bridgehead atoms. The zero-order chi connectivity index (χ0) is 5.54. The molecule has 0 aliphatic heterocycles. The predicted octanol–water partition coefficient (Wildman–Crippen LogP) is 1.60. The topological polar surface area (TPSA) is 9.23 Å². The monoisotopic (exact) mass is 100 g/mol. The summed E-state index contributed by atoms with van der Waals surface area (Å²) in [4.78, 5) is 0. The Morgan fingerprint density at radius 1 is 1.57 bits per heavy atom. The molecule has 0 aromatic carbocycles. The Labute approximate surface area is 45.0 Å². The van der Waals surface area contributed by atoms with Gasteiger partial charge in [0.1, 0.15) is 0 Å². The van der Waals surface area contributed by atoms with E-state index in [1.165, 1.54) is 0 Å². The van der Waals surface area contributed by atoms with E-state index < -0.39 is 0 Å². The average Bonchev–Trinajstić information content (AvgIpc) is 1.69. The van der Waals surface area contributed by atoms with Crippen LogP contribution in [0.2, 0.25) is 0 Å². The van der Waals surface area contributed by atoms with Crippen molar-refractivity contribution in [2.45, 2.75) is 13.3 Å². The van der Waals surface area contributed by atoms with Crippen LogP contribution in [0, 0.1) is 0 Å². The zero-order valence-corrected chi connectivity index (χ0v) is 4.98. The van der Waals surface area contributed by atoms with Gasteiger partial charge in [0, 0.05) is 13.7 Å². The molecule has 0 amide bonds. The molecular formula is C6H12O. The smallest absolute Gasteiger partial charge is 0.0496 e. The molecule has 0 aliphatic carbocycles. The molecule has 0 aliphatic rings. The standard InChI is InChI=1S/C6H12O/c1-3-4-5-6-7-2/h3-4H,5-6H2,1-2H3. The van der Waals surface area contributed by atoms with Crippen molar-refractivity contribution in [1.82, 2.24) is 0 Å². The van der Waals surface area contributed by atoms with Crippen molar-refractivity contribution >= 4 is 0 Å². The first-order valence-electron chi connectivity index (χ1n) is 2.52. The second-order valence-electron chi connectivity index (χ2n) is 1.35. The van der Waals surface area contributed by atoms with Gasteiger partial charge >= 0.3 is 0 Å². The molecule has 7 heavy (non-hydrogen) atoms. The molecule has 0 radical (unpaired) electrons. The molecule has 0 rings (SSSR count). The van der Waals surface area contributed by atoms with Crippen molar-refractivity contribution in [1.29, 1.82) is 0 Å². The van der Waals surface area contributed by atoms with Crippen molar-refractivity contribution in [2.24, 2.45) is 0 Å². The van der Waals surface area contributed by atoms with E-state index in [1.807, 2.05) is 13.0 Å². The maximum absolute atomic E-state index is 4.79. The third-order valence-corrected chi connectivity index (χ3v) is 0.724. The zero-order valence-electron chi connectivity index (χ0n) is 4.98. The Morgan fingerprint density at radius 2 is 2.29 bits per heavy atom. The fourth-order valence-corrected chi connectivity index (χ4v) is 0.353. The summed E-state index contributed by atoms with van der Waals surface area (Å²) in [5.41, 5.74) is 0. The van der Waals surface area contributed by atoms with Gasteiger partial charge in [0.25, 0.3) is 0 Å². The van der Waals surface area contributed by atoms with E-state index in [0.29, 0.717) is 0 Å². The summed E-state index contributed by atoms with van der Waals surface area (Å²) >= 11 is 0. The first-order valence-corrected chi connectivity index (χ1v) is 2.52. The molecule has 0 N–H and O–H groups in total. The van der Waals surface area contributed by atoms with Gasteiger partial charge in [-0.25, -0.2) is 0 Å². The van der Waals surface area contributed by atoms with Crippen LogP contribution in [0.25, 0.3) is 0 Å². The number of ether oxygens (including phenoxy) is 1. The Balaban J connectivity index is 2.69. The SMILES string of the molecule is CC=CCCOC. The Morgan fingerprint density at radius 3 is 2.71 bits per heavy atom. The normalized spacial score (nSPS) is 10.6. The molecule has 0 unspecified atom stereocenters. The quantitative estimate of drug-likeness (QED) is 0.386. The van der Waals surface area contributed by atoms with Crippen molar-refractivity contribution < 1.29 is 4.74 Å². The van der Waals surface area contributed by atoms with Crippen LogP contribution >= 0.6 is 0 Å². The molecule has 0 heterocycles. The van der Waals surface area contributed by atoms with E-state index in [0.717, 1.165) is 13.0 Å². The molecule has 0 fully saturated rings. The average molecular weight is 100 g/mol. The van der Waals surface area contributed by atoms with Gasteiger partial charge in [0.15, 0.2) is 0 Å². The van der Waals surface area contributed by atoms with Crippen molar-refractivity contribution in [2.75, 3.05) is 13.7 Å². The second-order valence-corrected chi connectivity index (χ2v) is 1.35. The fraction of sp³-hybridized carbons (Fsp3) is 0.667. The predicted molar refractivity (Wildman–Crippen MR) is 31.3 cm³/mol.